The molecule has 1 aromatic heterocycles. The average Bonchev–Trinajstić information content (AvgIpc) is 2.51. The number of nitrogens with one attached hydrogen (secondary N) is 1. The topological polar surface area (TPSA) is 106 Å². The fraction of sp³-hybridized carbons (Fsp3) is 0.214. The Morgan fingerprint density at radius 1 is 1.38 bits per heavy atom. The number of ether oxygens (including phenoxy) is 1. The minimum absolute atomic E-state index is 0.198. The van der Waals surface area contributed by atoms with Gasteiger partial charge in [-0.15, -0.1) is 0 Å². The molecule has 7 heteroatoms. The quantitative estimate of drug-likeness (QED) is 0.771. The SMILES string of the molecule is COC(=O)C(O)CNC(=O)c1cc(=O)c2ccccc2o1. The van der Waals surface area contributed by atoms with Crippen molar-refractivity contribution in [2.45, 2.75) is 6.10 Å². The van der Waals surface area contributed by atoms with Gasteiger partial charge in [-0.25, -0.2) is 4.79 Å². The molecule has 0 bridgehead atoms. The summed E-state index contributed by atoms with van der Waals surface area (Å²) in [6.45, 7) is -0.345. The van der Waals surface area contributed by atoms with Crippen molar-refractivity contribution in [1.82, 2.24) is 5.32 Å². The van der Waals surface area contributed by atoms with Gasteiger partial charge in [-0.05, 0) is 12.1 Å². The molecule has 1 aromatic carbocycles. The number of hydrogen-bond donors (Lipinski definition) is 2. The largest absolute Gasteiger partial charge is 0.467 e. The average molecular weight is 291 g/mol. The van der Waals surface area contributed by atoms with Gasteiger partial charge in [-0.2, -0.15) is 0 Å². The van der Waals surface area contributed by atoms with Crippen molar-refractivity contribution >= 4 is 22.8 Å². The van der Waals surface area contributed by atoms with Gasteiger partial charge in [-0.3, -0.25) is 9.59 Å². The van der Waals surface area contributed by atoms with Gasteiger partial charge in [0.05, 0.1) is 19.0 Å². The van der Waals surface area contributed by atoms with E-state index in [4.69, 9.17) is 4.42 Å². The number of para-hydroxylation sites is 1. The molecule has 0 fully saturated rings. The monoisotopic (exact) mass is 291 g/mol. The number of amides is 1. The number of hydrogen-bond acceptors (Lipinski definition) is 6. The lowest BCUT2D eigenvalue weighted by atomic mass is 10.2. The van der Waals surface area contributed by atoms with Crippen LogP contribution in [0.15, 0.2) is 39.5 Å². The molecular weight excluding hydrogens is 278 g/mol. The predicted molar refractivity (Wildman–Crippen MR) is 72.8 cm³/mol. The Morgan fingerprint density at radius 2 is 2.10 bits per heavy atom. The van der Waals surface area contributed by atoms with Crippen LogP contribution in [-0.4, -0.2) is 36.7 Å². The number of methoxy groups -OCH3 is 1. The molecule has 0 aliphatic carbocycles. The number of carbonyl (C=O) groups excluding carboxylic acids is 2. The van der Waals surface area contributed by atoms with Gasteiger partial charge >= 0.3 is 5.97 Å². The smallest absolute Gasteiger partial charge is 0.336 e. The highest BCUT2D eigenvalue weighted by Gasteiger charge is 2.18. The summed E-state index contributed by atoms with van der Waals surface area (Å²) < 4.78 is 9.63. The van der Waals surface area contributed by atoms with E-state index in [1.165, 1.54) is 0 Å². The molecule has 7 nitrogen and oxygen atoms in total. The number of benzene rings is 1. The number of fused-ring (bicyclic) bond motifs is 1. The summed E-state index contributed by atoms with van der Waals surface area (Å²) in [5.74, 6) is -1.77. The number of rotatable bonds is 4. The first-order valence-corrected chi connectivity index (χ1v) is 6.10. The van der Waals surface area contributed by atoms with E-state index in [0.29, 0.717) is 5.39 Å². The van der Waals surface area contributed by atoms with Crippen LogP contribution in [0.1, 0.15) is 10.6 Å². The van der Waals surface area contributed by atoms with Crippen LogP contribution in [0.2, 0.25) is 0 Å². The van der Waals surface area contributed by atoms with E-state index in [0.717, 1.165) is 13.2 Å². The Hall–Kier alpha value is -2.67. The molecule has 2 aromatic rings. The van der Waals surface area contributed by atoms with Crippen LogP contribution in [-0.2, 0) is 9.53 Å². The van der Waals surface area contributed by atoms with E-state index >= 15 is 0 Å². The lowest BCUT2D eigenvalue weighted by Crippen LogP contribution is -2.37. The Kier molecular flexibility index (Phi) is 4.34. The summed E-state index contributed by atoms with van der Waals surface area (Å²) in [4.78, 5) is 34.7. The first-order valence-electron chi connectivity index (χ1n) is 6.10. The van der Waals surface area contributed by atoms with Crippen LogP contribution in [0.4, 0.5) is 0 Å². The summed E-state index contributed by atoms with van der Waals surface area (Å²) in [7, 11) is 1.12. The predicted octanol–water partition coefficient (Wildman–Crippen LogP) is 0.0567. The second kappa shape index (κ2) is 6.19. The van der Waals surface area contributed by atoms with Gasteiger partial charge < -0.3 is 19.6 Å². The summed E-state index contributed by atoms with van der Waals surface area (Å²) >= 11 is 0. The molecule has 1 atom stereocenters. The first kappa shape index (κ1) is 14.7. The molecule has 0 saturated carbocycles. The zero-order chi connectivity index (χ0) is 15.4. The zero-order valence-electron chi connectivity index (χ0n) is 11.2. The van der Waals surface area contributed by atoms with Gasteiger partial charge in [0.1, 0.15) is 5.58 Å². The zero-order valence-corrected chi connectivity index (χ0v) is 11.2. The molecule has 110 valence electrons. The van der Waals surface area contributed by atoms with E-state index < -0.39 is 18.0 Å². The number of carbonyl (C=O) groups is 2. The van der Waals surface area contributed by atoms with Crippen LogP contribution in [0.25, 0.3) is 11.0 Å². The van der Waals surface area contributed by atoms with Crippen LogP contribution >= 0.6 is 0 Å². The summed E-state index contributed by atoms with van der Waals surface area (Å²) in [5.41, 5.74) is -0.0702. The second-order valence-corrected chi connectivity index (χ2v) is 4.22. The van der Waals surface area contributed by atoms with Crippen molar-refractivity contribution in [1.29, 1.82) is 0 Å². The molecule has 0 radical (unpaired) electrons. The van der Waals surface area contributed by atoms with Gasteiger partial charge in [0, 0.05) is 6.07 Å². The molecule has 0 spiro atoms. The molecule has 0 aliphatic rings. The third-order valence-corrected chi connectivity index (χ3v) is 2.79. The maximum atomic E-state index is 11.8. The van der Waals surface area contributed by atoms with Crippen molar-refractivity contribution in [2.24, 2.45) is 0 Å². The van der Waals surface area contributed by atoms with Gasteiger partial charge in [0.2, 0.25) is 0 Å². The Balaban J connectivity index is 2.17. The highest BCUT2D eigenvalue weighted by molar-refractivity contribution is 5.93. The molecule has 1 amide bonds. The van der Waals surface area contributed by atoms with Gasteiger partial charge in [-0.1, -0.05) is 12.1 Å². The maximum Gasteiger partial charge on any atom is 0.336 e. The van der Waals surface area contributed by atoms with E-state index in [1.807, 2.05) is 0 Å². The summed E-state index contributed by atoms with van der Waals surface area (Å²) in [6.07, 6.45) is -1.48. The van der Waals surface area contributed by atoms with Crippen molar-refractivity contribution in [2.75, 3.05) is 13.7 Å². The molecule has 2 rings (SSSR count). The minimum Gasteiger partial charge on any atom is -0.467 e. The Labute approximate surface area is 119 Å². The van der Waals surface area contributed by atoms with Crippen LogP contribution in [0.5, 0.6) is 0 Å². The Bertz CT molecular complexity index is 736. The van der Waals surface area contributed by atoms with Crippen LogP contribution in [0.3, 0.4) is 0 Å². The highest BCUT2D eigenvalue weighted by atomic mass is 16.5. The molecule has 1 heterocycles. The molecule has 1 unspecified atom stereocenters. The van der Waals surface area contributed by atoms with E-state index in [2.05, 4.69) is 10.1 Å². The normalized spacial score (nSPS) is 11.9. The fourth-order valence-corrected chi connectivity index (χ4v) is 1.71. The highest BCUT2D eigenvalue weighted by Crippen LogP contribution is 2.11. The van der Waals surface area contributed by atoms with Gasteiger partial charge in [0.25, 0.3) is 5.91 Å². The minimum atomic E-state index is -1.48. The maximum absolute atomic E-state index is 11.8. The molecule has 2 N–H and O–H groups in total. The van der Waals surface area contributed by atoms with Crippen molar-refractivity contribution in [3.05, 3.63) is 46.3 Å². The number of aliphatic hydroxyl groups is 1. The third-order valence-electron chi connectivity index (χ3n) is 2.79. The van der Waals surface area contributed by atoms with E-state index in [1.54, 1.807) is 24.3 Å². The molecule has 0 saturated heterocycles. The van der Waals surface area contributed by atoms with E-state index in [9.17, 15) is 19.5 Å². The molecular formula is C14H13NO6. The molecule has 0 aliphatic heterocycles. The van der Waals surface area contributed by atoms with Crippen molar-refractivity contribution in [3.8, 4) is 0 Å². The van der Waals surface area contributed by atoms with Gasteiger partial charge in [0.15, 0.2) is 17.3 Å². The standard InChI is InChI=1S/C14H13NO6/c1-20-14(19)10(17)7-15-13(18)12-6-9(16)8-4-2-3-5-11(8)21-12/h2-6,10,17H,7H2,1H3,(H,15,18). The lowest BCUT2D eigenvalue weighted by molar-refractivity contribution is -0.149. The van der Waals surface area contributed by atoms with E-state index in [-0.39, 0.29) is 23.3 Å². The fourth-order valence-electron chi connectivity index (χ4n) is 1.71. The second-order valence-electron chi connectivity index (χ2n) is 4.22. The lowest BCUT2D eigenvalue weighted by Gasteiger charge is -2.09. The first-order chi connectivity index (χ1) is 10.0. The van der Waals surface area contributed by atoms with Crippen molar-refractivity contribution < 1.29 is 23.8 Å². The Morgan fingerprint density at radius 3 is 2.81 bits per heavy atom. The molecule has 21 heavy (non-hydrogen) atoms. The number of esters is 1. The van der Waals surface area contributed by atoms with Crippen LogP contribution < -0.4 is 10.7 Å². The summed E-state index contributed by atoms with van der Waals surface area (Å²) in [5, 5.41) is 12.0. The number of aliphatic hydroxyl groups excluding tert-OH is 1. The third kappa shape index (κ3) is 3.26. The van der Waals surface area contributed by atoms with Crippen molar-refractivity contribution in [3.63, 3.8) is 0 Å². The summed E-state index contributed by atoms with van der Waals surface area (Å²) in [6, 6.07) is 7.57. The van der Waals surface area contributed by atoms with Crippen LogP contribution in [0, 0.1) is 0 Å².